The summed E-state index contributed by atoms with van der Waals surface area (Å²) in [5.41, 5.74) is 0. The summed E-state index contributed by atoms with van der Waals surface area (Å²) in [6, 6.07) is 8.15. The average molecular weight is 307 g/mol. The predicted molar refractivity (Wildman–Crippen MR) is 72.1 cm³/mol. The van der Waals surface area contributed by atoms with Gasteiger partial charge in [-0.15, -0.1) is 10.2 Å². The number of nitrogens with one attached hydrogen (secondary N) is 1. The van der Waals surface area contributed by atoms with Gasteiger partial charge >= 0.3 is 11.8 Å². The number of benzene rings is 1. The minimum absolute atomic E-state index is 0.0974. The largest absolute Gasteiger partial charge is 0.416 e. The molecule has 1 saturated carbocycles. The smallest absolute Gasteiger partial charge is 0.309 e. The molecule has 1 N–H and O–H groups in total. The number of carbonyl (C=O) groups excluding carboxylic acids is 1. The molecule has 110 valence electrons. The summed E-state index contributed by atoms with van der Waals surface area (Å²) in [7, 11) is -3.56. The number of carbonyl (C=O) groups is 1. The Morgan fingerprint density at radius 3 is 2.62 bits per heavy atom. The van der Waals surface area contributed by atoms with Crippen molar-refractivity contribution in [2.24, 2.45) is 0 Å². The Bertz CT molecular complexity index is 751. The van der Waals surface area contributed by atoms with Crippen LogP contribution in [-0.2, 0) is 15.6 Å². The molecular weight excluding hydrogens is 294 g/mol. The van der Waals surface area contributed by atoms with Crippen LogP contribution in [-0.4, -0.2) is 30.6 Å². The molecule has 0 atom stereocenters. The number of aromatic nitrogens is 2. The fourth-order valence-corrected chi connectivity index (χ4v) is 2.93. The molecule has 21 heavy (non-hydrogen) atoms. The second kappa shape index (κ2) is 5.28. The van der Waals surface area contributed by atoms with Gasteiger partial charge in [-0.1, -0.05) is 18.2 Å². The van der Waals surface area contributed by atoms with Crippen LogP contribution in [0.3, 0.4) is 0 Å². The average Bonchev–Trinajstić information content (AvgIpc) is 3.16. The van der Waals surface area contributed by atoms with Crippen molar-refractivity contribution in [2.45, 2.75) is 29.5 Å². The molecule has 3 rings (SSSR count). The van der Waals surface area contributed by atoms with Gasteiger partial charge in [0.2, 0.25) is 5.89 Å². The van der Waals surface area contributed by atoms with E-state index in [1.807, 2.05) is 0 Å². The van der Waals surface area contributed by atoms with Crippen molar-refractivity contribution in [3.05, 3.63) is 42.1 Å². The lowest BCUT2D eigenvalue weighted by atomic mass is 10.4. The van der Waals surface area contributed by atoms with Gasteiger partial charge in [-0.3, -0.25) is 4.79 Å². The fourth-order valence-electron chi connectivity index (χ4n) is 1.75. The van der Waals surface area contributed by atoms with Crippen LogP contribution < -0.4 is 5.32 Å². The van der Waals surface area contributed by atoms with E-state index in [0.717, 1.165) is 12.8 Å². The first-order valence-electron chi connectivity index (χ1n) is 6.46. The number of rotatable bonds is 5. The third kappa shape index (κ3) is 3.27. The van der Waals surface area contributed by atoms with Crippen molar-refractivity contribution in [1.29, 1.82) is 0 Å². The first kappa shape index (κ1) is 13.7. The molecule has 1 aliphatic rings. The van der Waals surface area contributed by atoms with E-state index >= 15 is 0 Å². The van der Waals surface area contributed by atoms with Crippen molar-refractivity contribution in [3.8, 4) is 0 Å². The van der Waals surface area contributed by atoms with E-state index in [1.54, 1.807) is 18.2 Å². The maximum atomic E-state index is 12.1. The van der Waals surface area contributed by atoms with Crippen LogP contribution in [0.4, 0.5) is 0 Å². The van der Waals surface area contributed by atoms with E-state index in [4.69, 9.17) is 4.42 Å². The molecule has 0 unspecified atom stereocenters. The van der Waals surface area contributed by atoms with Gasteiger partial charge in [-0.05, 0) is 25.0 Å². The highest BCUT2D eigenvalue weighted by molar-refractivity contribution is 7.90. The number of sulfone groups is 1. The predicted octanol–water partition coefficient (Wildman–Crippen LogP) is 0.936. The maximum absolute atomic E-state index is 12.1. The molecule has 1 fully saturated rings. The Morgan fingerprint density at radius 2 is 1.95 bits per heavy atom. The SMILES string of the molecule is O=C(NC1CC1)c1nnc(CS(=O)(=O)c2ccccc2)o1. The normalized spacial score (nSPS) is 14.9. The summed E-state index contributed by atoms with van der Waals surface area (Å²) in [5.74, 6) is -1.20. The summed E-state index contributed by atoms with van der Waals surface area (Å²) in [4.78, 5) is 11.9. The molecule has 2 aromatic rings. The quantitative estimate of drug-likeness (QED) is 0.881. The minimum Gasteiger partial charge on any atom is -0.416 e. The van der Waals surface area contributed by atoms with Crippen LogP contribution in [0, 0.1) is 0 Å². The zero-order valence-corrected chi connectivity index (χ0v) is 11.8. The second-order valence-corrected chi connectivity index (χ2v) is 6.81. The van der Waals surface area contributed by atoms with Crippen LogP contribution in [0.2, 0.25) is 0 Å². The highest BCUT2D eigenvalue weighted by Gasteiger charge is 2.27. The van der Waals surface area contributed by atoms with Crippen LogP contribution >= 0.6 is 0 Å². The first-order chi connectivity index (χ1) is 10.0. The molecule has 1 aromatic heterocycles. The number of amides is 1. The maximum Gasteiger partial charge on any atom is 0.309 e. The lowest BCUT2D eigenvalue weighted by Crippen LogP contribution is -2.25. The Morgan fingerprint density at radius 1 is 1.24 bits per heavy atom. The molecule has 1 aliphatic carbocycles. The topological polar surface area (TPSA) is 102 Å². The van der Waals surface area contributed by atoms with E-state index in [1.165, 1.54) is 12.1 Å². The molecular formula is C13H13N3O4S. The van der Waals surface area contributed by atoms with Crippen molar-refractivity contribution in [1.82, 2.24) is 15.5 Å². The molecule has 7 nitrogen and oxygen atoms in total. The van der Waals surface area contributed by atoms with Gasteiger partial charge in [0, 0.05) is 6.04 Å². The lowest BCUT2D eigenvalue weighted by molar-refractivity contribution is 0.0914. The van der Waals surface area contributed by atoms with Gasteiger partial charge in [-0.25, -0.2) is 8.42 Å². The van der Waals surface area contributed by atoms with Gasteiger partial charge in [0.05, 0.1) is 4.90 Å². The minimum atomic E-state index is -3.56. The van der Waals surface area contributed by atoms with E-state index in [9.17, 15) is 13.2 Å². The van der Waals surface area contributed by atoms with E-state index in [2.05, 4.69) is 15.5 Å². The highest BCUT2D eigenvalue weighted by atomic mass is 32.2. The van der Waals surface area contributed by atoms with Gasteiger partial charge < -0.3 is 9.73 Å². The zero-order valence-electron chi connectivity index (χ0n) is 11.0. The molecule has 1 heterocycles. The summed E-state index contributed by atoms with van der Waals surface area (Å²) in [5, 5.41) is 9.89. The van der Waals surface area contributed by atoms with Crippen molar-refractivity contribution < 1.29 is 17.6 Å². The lowest BCUT2D eigenvalue weighted by Gasteiger charge is -2.00. The van der Waals surface area contributed by atoms with Crippen molar-refractivity contribution in [2.75, 3.05) is 0 Å². The van der Waals surface area contributed by atoms with Gasteiger partial charge in [-0.2, -0.15) is 0 Å². The first-order valence-corrected chi connectivity index (χ1v) is 8.11. The third-order valence-electron chi connectivity index (χ3n) is 2.99. The van der Waals surface area contributed by atoms with Gasteiger partial charge in [0.15, 0.2) is 9.84 Å². The molecule has 0 aliphatic heterocycles. The molecule has 0 saturated heterocycles. The van der Waals surface area contributed by atoms with E-state index < -0.39 is 21.5 Å². The standard InChI is InChI=1S/C13H13N3O4S/c17-12(14-9-6-7-9)13-16-15-11(20-13)8-21(18,19)10-4-2-1-3-5-10/h1-5,9H,6-8H2,(H,14,17). The molecule has 0 radical (unpaired) electrons. The molecule has 1 amide bonds. The number of hydrogen-bond donors (Lipinski definition) is 1. The van der Waals surface area contributed by atoms with Gasteiger partial charge in [0.25, 0.3) is 0 Å². The molecule has 0 spiro atoms. The van der Waals surface area contributed by atoms with E-state index in [-0.39, 0.29) is 22.7 Å². The van der Waals surface area contributed by atoms with Crippen molar-refractivity contribution >= 4 is 15.7 Å². The summed E-state index contributed by atoms with van der Waals surface area (Å²) in [6.45, 7) is 0. The fraction of sp³-hybridized carbons (Fsp3) is 0.308. The van der Waals surface area contributed by atoms with Gasteiger partial charge in [0.1, 0.15) is 5.75 Å². The summed E-state index contributed by atoms with van der Waals surface area (Å²) in [6.07, 6.45) is 1.88. The van der Waals surface area contributed by atoms with Crippen LogP contribution in [0.15, 0.2) is 39.6 Å². The molecule has 1 aromatic carbocycles. The Labute approximate surface area is 121 Å². The zero-order chi connectivity index (χ0) is 14.9. The second-order valence-electron chi connectivity index (χ2n) is 4.82. The summed E-state index contributed by atoms with van der Waals surface area (Å²) < 4.78 is 29.4. The van der Waals surface area contributed by atoms with Crippen LogP contribution in [0.25, 0.3) is 0 Å². The Kier molecular flexibility index (Phi) is 3.46. The van der Waals surface area contributed by atoms with E-state index in [0.29, 0.717) is 0 Å². The summed E-state index contributed by atoms with van der Waals surface area (Å²) >= 11 is 0. The number of nitrogens with zero attached hydrogens (tertiary/aromatic N) is 2. The highest BCUT2D eigenvalue weighted by Crippen LogP contribution is 2.19. The molecule has 0 bridgehead atoms. The molecule has 8 heteroatoms. The Hall–Kier alpha value is -2.22. The monoisotopic (exact) mass is 307 g/mol. The Balaban J connectivity index is 1.73. The number of hydrogen-bond acceptors (Lipinski definition) is 6. The van der Waals surface area contributed by atoms with Crippen LogP contribution in [0.1, 0.15) is 29.4 Å². The van der Waals surface area contributed by atoms with Crippen molar-refractivity contribution in [3.63, 3.8) is 0 Å². The third-order valence-corrected chi connectivity index (χ3v) is 4.61. The van der Waals surface area contributed by atoms with Crippen LogP contribution in [0.5, 0.6) is 0 Å².